The molecule has 0 amide bonds. The number of rotatable bonds is 3. The summed E-state index contributed by atoms with van der Waals surface area (Å²) < 4.78 is 8.15. The molecule has 0 saturated heterocycles. The molecular formula is C27H19N4O2Pt-. The van der Waals surface area contributed by atoms with Gasteiger partial charge in [0.1, 0.15) is 11.3 Å². The maximum atomic E-state index is 10.4. The molecule has 1 N–H and O–H groups in total. The van der Waals surface area contributed by atoms with Crippen LogP contribution in [0, 0.1) is 19.9 Å². The van der Waals surface area contributed by atoms with Crippen molar-refractivity contribution >= 4 is 32.7 Å². The zero-order valence-corrected chi connectivity index (χ0v) is 20.7. The van der Waals surface area contributed by atoms with Gasteiger partial charge in [-0.05, 0) is 48.6 Å². The van der Waals surface area contributed by atoms with Crippen molar-refractivity contribution in [1.29, 1.82) is 0 Å². The van der Waals surface area contributed by atoms with E-state index < -0.39 is 0 Å². The number of nitrogens with zero attached hydrogens (tertiary/aromatic N) is 4. The quantitative estimate of drug-likeness (QED) is 0.243. The topological polar surface area (TPSA) is 73.1 Å². The van der Waals surface area contributed by atoms with Crippen molar-refractivity contribution in [2.75, 3.05) is 0 Å². The number of aryl methyl sites for hydroxylation is 2. The number of ether oxygens (including phenoxy) is 1. The summed E-state index contributed by atoms with van der Waals surface area (Å²) in [6, 6.07) is 21.0. The molecule has 6 rings (SSSR count). The third kappa shape index (κ3) is 3.60. The summed E-state index contributed by atoms with van der Waals surface area (Å²) in [6.07, 6.45) is 5.05. The first kappa shape index (κ1) is 22.1. The van der Waals surface area contributed by atoms with Crippen LogP contribution in [0.5, 0.6) is 17.4 Å². The minimum absolute atomic E-state index is 0. The molecule has 34 heavy (non-hydrogen) atoms. The first-order chi connectivity index (χ1) is 16.1. The van der Waals surface area contributed by atoms with Gasteiger partial charge in [0.2, 0.25) is 5.88 Å². The van der Waals surface area contributed by atoms with Gasteiger partial charge in [-0.25, -0.2) is 9.97 Å². The Bertz CT molecular complexity index is 1680. The Morgan fingerprint density at radius 3 is 2.62 bits per heavy atom. The maximum Gasteiger partial charge on any atom is 0.217 e. The fourth-order valence-corrected chi connectivity index (χ4v) is 4.33. The number of hydrogen-bond acceptors (Lipinski definition) is 5. The smallest absolute Gasteiger partial charge is 0.217 e. The number of benzene rings is 3. The number of para-hydroxylation sites is 1. The fourth-order valence-electron chi connectivity index (χ4n) is 4.33. The largest absolute Gasteiger partial charge is 0.506 e. The van der Waals surface area contributed by atoms with Gasteiger partial charge in [0, 0.05) is 56.2 Å². The van der Waals surface area contributed by atoms with E-state index >= 15 is 0 Å². The average molecular weight is 627 g/mol. The SMILES string of the molecule is Cc1cc(O)c2nc(Oc3[c-]c4c(cc3)c3ccccc3n4-c3cnccn3)cc(C)c2c1.[Pt]. The van der Waals surface area contributed by atoms with Gasteiger partial charge in [0.15, 0.2) is 5.82 Å². The van der Waals surface area contributed by atoms with Crippen LogP contribution in [0.3, 0.4) is 0 Å². The molecule has 6 nitrogen and oxygen atoms in total. The van der Waals surface area contributed by atoms with Crippen LogP contribution in [-0.2, 0) is 21.1 Å². The minimum atomic E-state index is 0. The van der Waals surface area contributed by atoms with Crippen LogP contribution >= 0.6 is 0 Å². The van der Waals surface area contributed by atoms with E-state index in [4.69, 9.17) is 4.74 Å². The number of phenolic OH excluding ortho intramolecular Hbond substituents is 1. The second-order valence-electron chi connectivity index (χ2n) is 8.06. The molecule has 3 aromatic carbocycles. The molecule has 0 aliphatic rings. The van der Waals surface area contributed by atoms with Crippen LogP contribution in [0.25, 0.3) is 38.5 Å². The Morgan fingerprint density at radius 1 is 0.941 bits per heavy atom. The number of pyridine rings is 1. The summed E-state index contributed by atoms with van der Waals surface area (Å²) in [4.78, 5) is 13.3. The van der Waals surface area contributed by atoms with E-state index in [0.29, 0.717) is 23.0 Å². The van der Waals surface area contributed by atoms with Crippen molar-refractivity contribution in [2.24, 2.45) is 0 Å². The monoisotopic (exact) mass is 626 g/mol. The van der Waals surface area contributed by atoms with E-state index in [0.717, 1.165) is 38.3 Å². The van der Waals surface area contributed by atoms with Gasteiger partial charge < -0.3 is 14.4 Å². The molecule has 7 heteroatoms. The van der Waals surface area contributed by atoms with Gasteiger partial charge in [-0.2, -0.15) is 6.07 Å². The molecule has 0 radical (unpaired) electrons. The van der Waals surface area contributed by atoms with Crippen molar-refractivity contribution in [1.82, 2.24) is 19.5 Å². The van der Waals surface area contributed by atoms with Gasteiger partial charge in [-0.1, -0.05) is 23.7 Å². The number of fused-ring (bicyclic) bond motifs is 4. The maximum absolute atomic E-state index is 10.4. The summed E-state index contributed by atoms with van der Waals surface area (Å²) in [5.41, 5.74) is 4.33. The van der Waals surface area contributed by atoms with Crippen LogP contribution < -0.4 is 4.74 Å². The molecule has 0 spiro atoms. The summed E-state index contributed by atoms with van der Waals surface area (Å²) in [5, 5.41) is 13.5. The first-order valence-corrected chi connectivity index (χ1v) is 10.6. The van der Waals surface area contributed by atoms with Gasteiger partial charge >= 0.3 is 0 Å². The van der Waals surface area contributed by atoms with Gasteiger partial charge in [-0.3, -0.25) is 4.98 Å². The van der Waals surface area contributed by atoms with E-state index in [2.05, 4.69) is 33.2 Å². The molecule has 0 bridgehead atoms. The van der Waals surface area contributed by atoms with Crippen LogP contribution in [-0.4, -0.2) is 24.6 Å². The average Bonchev–Trinajstić information content (AvgIpc) is 3.14. The normalized spacial score (nSPS) is 11.1. The second-order valence-corrected chi connectivity index (χ2v) is 8.06. The fraction of sp³-hybridized carbons (Fsp3) is 0.0741. The Kier molecular flexibility index (Phi) is 5.54. The van der Waals surface area contributed by atoms with Crippen molar-refractivity contribution in [2.45, 2.75) is 13.8 Å². The molecule has 0 unspecified atom stereocenters. The Labute approximate surface area is 210 Å². The van der Waals surface area contributed by atoms with Gasteiger partial charge in [0.25, 0.3) is 0 Å². The van der Waals surface area contributed by atoms with Crippen LogP contribution in [0.15, 0.2) is 73.2 Å². The van der Waals surface area contributed by atoms with E-state index in [9.17, 15) is 5.11 Å². The number of hydrogen-bond donors (Lipinski definition) is 1. The van der Waals surface area contributed by atoms with Crippen molar-refractivity contribution < 1.29 is 30.9 Å². The third-order valence-electron chi connectivity index (χ3n) is 5.77. The molecule has 0 saturated carbocycles. The zero-order chi connectivity index (χ0) is 22.5. The number of aromatic nitrogens is 4. The van der Waals surface area contributed by atoms with E-state index in [-0.39, 0.29) is 26.8 Å². The Balaban J connectivity index is 0.00000241. The first-order valence-electron chi connectivity index (χ1n) is 10.6. The standard InChI is InChI=1S/C27H19N4O2.Pt/c1-16-11-21-17(2)13-26(30-27(21)24(32)12-16)33-18-7-8-20-19-5-3-4-6-22(19)31(23(20)14-18)25-15-28-9-10-29-25;/h3-13,15,32H,1-2H3;/q-1;. The van der Waals surface area contributed by atoms with Gasteiger partial charge in [-0.15, -0.1) is 17.5 Å². The van der Waals surface area contributed by atoms with E-state index in [1.54, 1.807) is 24.7 Å². The van der Waals surface area contributed by atoms with Crippen LogP contribution in [0.2, 0.25) is 0 Å². The molecule has 0 fully saturated rings. The Hall–Kier alpha value is -3.76. The van der Waals surface area contributed by atoms with E-state index in [1.165, 1.54) is 0 Å². The summed E-state index contributed by atoms with van der Waals surface area (Å²) >= 11 is 0. The summed E-state index contributed by atoms with van der Waals surface area (Å²) in [6.45, 7) is 3.93. The van der Waals surface area contributed by atoms with Crippen molar-refractivity contribution in [3.05, 3.63) is 90.4 Å². The Morgan fingerprint density at radius 2 is 1.79 bits per heavy atom. The van der Waals surface area contributed by atoms with Crippen LogP contribution in [0.1, 0.15) is 11.1 Å². The van der Waals surface area contributed by atoms with Crippen molar-refractivity contribution in [3.8, 4) is 23.2 Å². The van der Waals surface area contributed by atoms with Gasteiger partial charge in [0.05, 0.1) is 6.20 Å². The number of phenols is 1. The molecule has 0 atom stereocenters. The van der Waals surface area contributed by atoms with Crippen molar-refractivity contribution in [3.63, 3.8) is 0 Å². The molecule has 0 aliphatic heterocycles. The molecule has 170 valence electrons. The van der Waals surface area contributed by atoms with E-state index in [1.807, 2.05) is 54.8 Å². The third-order valence-corrected chi connectivity index (χ3v) is 5.77. The molecular weight excluding hydrogens is 607 g/mol. The molecule has 3 aromatic heterocycles. The summed E-state index contributed by atoms with van der Waals surface area (Å²) in [7, 11) is 0. The molecule has 3 heterocycles. The molecule has 6 aromatic rings. The minimum Gasteiger partial charge on any atom is -0.506 e. The number of aromatic hydroxyl groups is 1. The van der Waals surface area contributed by atoms with Crippen LogP contribution in [0.4, 0.5) is 0 Å². The predicted molar refractivity (Wildman–Crippen MR) is 128 cm³/mol. The second kappa shape index (κ2) is 8.54. The predicted octanol–water partition coefficient (Wildman–Crippen LogP) is 6.03. The summed E-state index contributed by atoms with van der Waals surface area (Å²) in [5.74, 6) is 1.77. The molecule has 0 aliphatic carbocycles. The zero-order valence-electron chi connectivity index (χ0n) is 18.4.